The van der Waals surface area contributed by atoms with Gasteiger partial charge in [-0.15, -0.1) is 0 Å². The van der Waals surface area contributed by atoms with Crippen molar-refractivity contribution in [3.63, 3.8) is 0 Å². The van der Waals surface area contributed by atoms with Crippen molar-refractivity contribution in [2.24, 2.45) is 11.7 Å². The molecule has 132 valence electrons. The van der Waals surface area contributed by atoms with Crippen molar-refractivity contribution in [3.8, 4) is 11.1 Å². The number of hydrogen-bond acceptors (Lipinski definition) is 3. The summed E-state index contributed by atoms with van der Waals surface area (Å²) in [7, 11) is 0. The highest BCUT2D eigenvalue weighted by Crippen LogP contribution is 2.41. The van der Waals surface area contributed by atoms with E-state index in [1.165, 1.54) is 27.8 Å². The number of hydrazine groups is 1. The van der Waals surface area contributed by atoms with Crippen LogP contribution < -0.4 is 17.0 Å². The van der Waals surface area contributed by atoms with Gasteiger partial charge in [0.2, 0.25) is 0 Å². The minimum Gasteiger partial charge on any atom is -0.317 e. The second-order valence-corrected chi connectivity index (χ2v) is 5.96. The van der Waals surface area contributed by atoms with Gasteiger partial charge in [-0.05, 0) is 47.3 Å². The van der Waals surface area contributed by atoms with Crippen molar-refractivity contribution in [1.82, 2.24) is 5.32 Å². The zero-order valence-electron chi connectivity index (χ0n) is 15.2. The molecule has 3 nitrogen and oxygen atoms in total. The Morgan fingerprint density at radius 1 is 0.880 bits per heavy atom. The zero-order valence-corrected chi connectivity index (χ0v) is 15.2. The predicted octanol–water partition coefficient (Wildman–Crippen LogP) is 3.90. The molecule has 0 atom stereocenters. The monoisotopic (exact) mass is 335 g/mol. The first-order valence-electron chi connectivity index (χ1n) is 8.94. The lowest BCUT2D eigenvalue weighted by atomic mass is 9.92. The fourth-order valence-corrected chi connectivity index (χ4v) is 3.38. The molecule has 5 N–H and O–H groups in total. The van der Waals surface area contributed by atoms with E-state index < -0.39 is 0 Å². The van der Waals surface area contributed by atoms with Gasteiger partial charge in [-0.3, -0.25) is 11.7 Å². The van der Waals surface area contributed by atoms with Crippen LogP contribution in [0, 0.1) is 0 Å². The standard InChI is InChI=1S/C18H14.C4H11N.H4N2/c1-2-7-13(6-1)15-10-5-11-17-16-9-4-3-8-14(16)12-18(15)17;1-3-5-4-2;1-2/h1-11,13H,12H2;5H,3-4H2,1-2H3;1-2H2. The largest absolute Gasteiger partial charge is 0.317 e. The Bertz CT molecular complexity index is 718. The topological polar surface area (TPSA) is 64.1 Å². The third kappa shape index (κ3) is 4.45. The number of rotatable bonds is 3. The Hall–Kier alpha value is -2.20. The number of benzene rings is 2. The molecule has 0 radical (unpaired) electrons. The van der Waals surface area contributed by atoms with Gasteiger partial charge in [0.25, 0.3) is 0 Å². The molecule has 0 spiro atoms. The van der Waals surface area contributed by atoms with Gasteiger partial charge in [-0.2, -0.15) is 0 Å². The van der Waals surface area contributed by atoms with Crippen LogP contribution in [0.15, 0.2) is 66.8 Å². The summed E-state index contributed by atoms with van der Waals surface area (Å²) in [6, 6.07) is 15.5. The van der Waals surface area contributed by atoms with Gasteiger partial charge in [0.05, 0.1) is 0 Å². The van der Waals surface area contributed by atoms with Gasteiger partial charge in [0, 0.05) is 5.92 Å². The Labute approximate surface area is 151 Å². The van der Waals surface area contributed by atoms with Crippen molar-refractivity contribution >= 4 is 0 Å². The Kier molecular flexibility index (Phi) is 7.61. The molecule has 2 aliphatic carbocycles. The van der Waals surface area contributed by atoms with E-state index in [4.69, 9.17) is 0 Å². The molecule has 2 aromatic rings. The van der Waals surface area contributed by atoms with Gasteiger partial charge in [0.1, 0.15) is 0 Å². The van der Waals surface area contributed by atoms with E-state index in [1.807, 2.05) is 0 Å². The molecule has 25 heavy (non-hydrogen) atoms. The normalized spacial score (nSPS) is 13.4. The van der Waals surface area contributed by atoms with Crippen molar-refractivity contribution in [1.29, 1.82) is 0 Å². The summed E-state index contributed by atoms with van der Waals surface area (Å²) in [6.45, 7) is 6.39. The molecule has 4 rings (SSSR count). The minimum absolute atomic E-state index is 0.467. The molecule has 0 amide bonds. The molecule has 0 unspecified atom stereocenters. The lowest BCUT2D eigenvalue weighted by molar-refractivity contribution is 0.762. The van der Waals surface area contributed by atoms with Crippen LogP contribution >= 0.6 is 0 Å². The highest BCUT2D eigenvalue weighted by atomic mass is 15.0. The first-order valence-corrected chi connectivity index (χ1v) is 8.94. The zero-order chi connectivity index (χ0) is 18.1. The maximum absolute atomic E-state index is 4.00. The molecule has 3 heteroatoms. The summed E-state index contributed by atoms with van der Waals surface area (Å²) in [6.07, 6.45) is 9.93. The van der Waals surface area contributed by atoms with Gasteiger partial charge in [-0.1, -0.05) is 80.6 Å². The maximum atomic E-state index is 4.00. The van der Waals surface area contributed by atoms with E-state index in [-0.39, 0.29) is 0 Å². The van der Waals surface area contributed by atoms with E-state index in [9.17, 15) is 0 Å². The van der Waals surface area contributed by atoms with Crippen LogP contribution in [0.4, 0.5) is 0 Å². The first kappa shape index (κ1) is 19.1. The van der Waals surface area contributed by atoms with Crippen molar-refractivity contribution < 1.29 is 0 Å². The summed E-state index contributed by atoms with van der Waals surface area (Å²) in [5.41, 5.74) is 7.29. The third-order valence-corrected chi connectivity index (χ3v) is 4.49. The van der Waals surface area contributed by atoms with Crippen LogP contribution in [0.1, 0.15) is 36.5 Å². The number of fused-ring (bicyclic) bond motifs is 3. The van der Waals surface area contributed by atoms with Gasteiger partial charge >= 0.3 is 0 Å². The average Bonchev–Trinajstić information content (AvgIpc) is 3.32. The van der Waals surface area contributed by atoms with Crippen LogP contribution in [0.25, 0.3) is 11.1 Å². The van der Waals surface area contributed by atoms with Crippen LogP contribution in [0.3, 0.4) is 0 Å². The van der Waals surface area contributed by atoms with E-state index in [0.717, 1.165) is 19.5 Å². The van der Waals surface area contributed by atoms with Crippen LogP contribution in [0.2, 0.25) is 0 Å². The Morgan fingerprint density at radius 3 is 2.16 bits per heavy atom. The summed E-state index contributed by atoms with van der Waals surface area (Å²) >= 11 is 0. The predicted molar refractivity (Wildman–Crippen MR) is 108 cm³/mol. The molecule has 0 saturated carbocycles. The quantitative estimate of drug-likeness (QED) is 0.502. The molecule has 0 saturated heterocycles. The Morgan fingerprint density at radius 2 is 1.52 bits per heavy atom. The van der Waals surface area contributed by atoms with E-state index in [0.29, 0.717) is 5.92 Å². The first-order chi connectivity index (χ1) is 12.3. The molecule has 0 aromatic heterocycles. The molecule has 0 bridgehead atoms. The highest BCUT2D eigenvalue weighted by molar-refractivity contribution is 5.78. The molecular formula is C22H29N3. The summed E-state index contributed by atoms with van der Waals surface area (Å²) in [4.78, 5) is 0. The van der Waals surface area contributed by atoms with Crippen molar-refractivity contribution in [3.05, 3.63) is 83.5 Å². The van der Waals surface area contributed by atoms with E-state index in [1.54, 1.807) is 0 Å². The molecule has 2 aromatic carbocycles. The third-order valence-electron chi connectivity index (χ3n) is 4.49. The van der Waals surface area contributed by atoms with Crippen molar-refractivity contribution in [2.75, 3.05) is 13.1 Å². The van der Waals surface area contributed by atoms with Crippen molar-refractivity contribution in [2.45, 2.75) is 26.2 Å². The smallest absolute Gasteiger partial charge is 0.0207 e. The summed E-state index contributed by atoms with van der Waals surface area (Å²) in [5, 5.41) is 3.11. The summed E-state index contributed by atoms with van der Waals surface area (Å²) in [5.74, 6) is 8.47. The Balaban J connectivity index is 0.000000281. The molecule has 0 heterocycles. The van der Waals surface area contributed by atoms with Gasteiger partial charge < -0.3 is 5.32 Å². The number of nitrogens with two attached hydrogens (primary N) is 2. The lowest BCUT2D eigenvalue weighted by Crippen LogP contribution is -2.09. The number of hydrogen-bond donors (Lipinski definition) is 3. The van der Waals surface area contributed by atoms with E-state index in [2.05, 4.69) is 97.6 Å². The molecule has 0 fully saturated rings. The van der Waals surface area contributed by atoms with Gasteiger partial charge in [-0.25, -0.2) is 0 Å². The highest BCUT2D eigenvalue weighted by Gasteiger charge is 2.22. The fourth-order valence-electron chi connectivity index (χ4n) is 3.38. The van der Waals surface area contributed by atoms with Crippen LogP contribution in [-0.2, 0) is 6.42 Å². The summed E-state index contributed by atoms with van der Waals surface area (Å²) < 4.78 is 0. The molecular weight excluding hydrogens is 306 g/mol. The fraction of sp³-hybridized carbons (Fsp3) is 0.273. The van der Waals surface area contributed by atoms with Gasteiger partial charge in [0.15, 0.2) is 0 Å². The average molecular weight is 335 g/mol. The molecule has 2 aliphatic rings. The second kappa shape index (κ2) is 9.94. The van der Waals surface area contributed by atoms with Crippen LogP contribution in [0.5, 0.6) is 0 Å². The minimum atomic E-state index is 0.467. The van der Waals surface area contributed by atoms with Crippen LogP contribution in [-0.4, -0.2) is 13.1 Å². The number of nitrogens with one attached hydrogen (secondary N) is 1. The SMILES string of the molecule is C1=CC(c2cccc3c2Cc2ccccc2-3)C=C1.CCNCC.NN. The second-order valence-electron chi connectivity index (χ2n) is 5.96. The number of allylic oxidation sites excluding steroid dienone is 4. The van der Waals surface area contributed by atoms with E-state index >= 15 is 0 Å². The lowest BCUT2D eigenvalue weighted by Gasteiger charge is -2.12. The maximum Gasteiger partial charge on any atom is 0.0207 e. The molecule has 0 aliphatic heterocycles.